The van der Waals surface area contributed by atoms with Crippen molar-refractivity contribution in [3.8, 4) is 6.07 Å². The van der Waals surface area contributed by atoms with Crippen molar-refractivity contribution in [2.24, 2.45) is 5.92 Å². The third-order valence-electron chi connectivity index (χ3n) is 6.89. The van der Waals surface area contributed by atoms with Crippen LogP contribution in [0.1, 0.15) is 52.5 Å². The monoisotopic (exact) mass is 478 g/mol. The van der Waals surface area contributed by atoms with E-state index in [4.69, 9.17) is 21.7 Å². The summed E-state index contributed by atoms with van der Waals surface area (Å²) >= 11 is 6.16. The average molecular weight is 479 g/mol. The number of benzene rings is 1. The Labute approximate surface area is 203 Å². The topological polar surface area (TPSA) is 97.8 Å². The van der Waals surface area contributed by atoms with Crippen LogP contribution in [0.2, 0.25) is 5.02 Å². The van der Waals surface area contributed by atoms with Crippen molar-refractivity contribution in [1.82, 2.24) is 19.5 Å². The van der Waals surface area contributed by atoms with Crippen LogP contribution < -0.4 is 4.90 Å². The van der Waals surface area contributed by atoms with Crippen molar-refractivity contribution < 1.29 is 9.90 Å². The van der Waals surface area contributed by atoms with Crippen molar-refractivity contribution in [3.05, 3.63) is 57.9 Å². The second kappa shape index (κ2) is 8.90. The number of fused-ring (bicyclic) bond motifs is 1. The molecule has 0 bridgehead atoms. The van der Waals surface area contributed by atoms with E-state index >= 15 is 0 Å². The Morgan fingerprint density at radius 1 is 1.21 bits per heavy atom. The van der Waals surface area contributed by atoms with Gasteiger partial charge in [-0.25, -0.2) is 9.50 Å². The molecule has 2 aromatic heterocycles. The van der Waals surface area contributed by atoms with E-state index in [1.165, 1.54) is 0 Å². The van der Waals surface area contributed by atoms with Gasteiger partial charge in [0.05, 0.1) is 29.8 Å². The van der Waals surface area contributed by atoms with Crippen LogP contribution in [0, 0.1) is 31.1 Å². The van der Waals surface area contributed by atoms with Gasteiger partial charge in [-0.1, -0.05) is 11.6 Å². The molecule has 8 nitrogen and oxygen atoms in total. The van der Waals surface area contributed by atoms with Gasteiger partial charge < -0.3 is 14.9 Å². The van der Waals surface area contributed by atoms with Crippen molar-refractivity contribution >= 4 is 29.0 Å². The molecule has 0 unspecified atom stereocenters. The van der Waals surface area contributed by atoms with Gasteiger partial charge in [0.25, 0.3) is 5.91 Å². The minimum absolute atomic E-state index is 0.0139. The van der Waals surface area contributed by atoms with E-state index in [9.17, 15) is 15.2 Å². The third-order valence-corrected chi connectivity index (χ3v) is 7.31. The average Bonchev–Trinajstić information content (AvgIpc) is 3.42. The van der Waals surface area contributed by atoms with Crippen molar-refractivity contribution in [1.29, 1.82) is 5.26 Å². The molecule has 5 rings (SSSR count). The first kappa shape index (κ1) is 22.6. The zero-order chi connectivity index (χ0) is 24.0. The molecule has 1 amide bonds. The molecule has 2 aliphatic rings. The Balaban J connectivity index is 1.46. The predicted molar refractivity (Wildman–Crippen MR) is 129 cm³/mol. The maximum absolute atomic E-state index is 13.4. The highest BCUT2D eigenvalue weighted by molar-refractivity contribution is 6.31. The number of β-amino-alcohol motifs (C(OH)–C–C–N with tert-alkyl or cyclic N) is 1. The van der Waals surface area contributed by atoms with E-state index in [1.807, 2.05) is 42.0 Å². The number of aliphatic hydroxyl groups is 1. The van der Waals surface area contributed by atoms with E-state index in [2.05, 4.69) is 6.07 Å². The second-order valence-electron chi connectivity index (χ2n) is 9.30. The van der Waals surface area contributed by atoms with Crippen LogP contribution in [0.5, 0.6) is 0 Å². The molecule has 2 fully saturated rings. The molecule has 1 N–H and O–H groups in total. The molecule has 0 radical (unpaired) electrons. The summed E-state index contributed by atoms with van der Waals surface area (Å²) in [5.74, 6) is 0.320. The summed E-state index contributed by atoms with van der Waals surface area (Å²) in [6.07, 6.45) is 4.07. The fourth-order valence-corrected chi connectivity index (χ4v) is 5.13. The van der Waals surface area contributed by atoms with E-state index in [0.29, 0.717) is 35.9 Å². The summed E-state index contributed by atoms with van der Waals surface area (Å²) in [5.41, 5.74) is 3.94. The number of aryl methyl sites for hydroxylation is 2. The van der Waals surface area contributed by atoms with E-state index < -0.39 is 12.0 Å². The quantitative estimate of drug-likeness (QED) is 0.616. The number of anilines is 1. The van der Waals surface area contributed by atoms with Crippen LogP contribution in [0.15, 0.2) is 30.5 Å². The summed E-state index contributed by atoms with van der Waals surface area (Å²) in [5, 5.41) is 24.8. The lowest BCUT2D eigenvalue weighted by Crippen LogP contribution is -2.38. The van der Waals surface area contributed by atoms with Crippen LogP contribution in [0.3, 0.4) is 0 Å². The zero-order valence-electron chi connectivity index (χ0n) is 19.3. The van der Waals surface area contributed by atoms with E-state index in [0.717, 1.165) is 41.9 Å². The lowest BCUT2D eigenvalue weighted by molar-refractivity contribution is 0.0605. The van der Waals surface area contributed by atoms with E-state index in [1.54, 1.807) is 16.6 Å². The molecule has 3 aromatic rings. The fourth-order valence-electron chi connectivity index (χ4n) is 5.01. The number of hydrogen-bond acceptors (Lipinski definition) is 6. The summed E-state index contributed by atoms with van der Waals surface area (Å²) in [4.78, 5) is 22.1. The molecule has 176 valence electrons. The van der Waals surface area contributed by atoms with Crippen molar-refractivity contribution in [3.63, 3.8) is 0 Å². The summed E-state index contributed by atoms with van der Waals surface area (Å²) < 4.78 is 1.76. The molecule has 0 saturated carbocycles. The smallest absolute Gasteiger partial charge is 0.254 e. The molecule has 4 heterocycles. The SMILES string of the molecule is Cc1cc(C(=O)N2CCCC[C@H]2c2cc3nc(N4C[C@@H](C#N)[C@@H](O)C4)c(C)cn3n2)ccc1Cl. The number of carbonyl (C=O) groups is 1. The maximum atomic E-state index is 13.4. The molecule has 0 spiro atoms. The highest BCUT2D eigenvalue weighted by Gasteiger charge is 2.34. The number of nitrogens with zero attached hydrogens (tertiary/aromatic N) is 6. The van der Waals surface area contributed by atoms with Crippen LogP contribution in [0.25, 0.3) is 5.65 Å². The first-order valence-corrected chi connectivity index (χ1v) is 12.0. The normalized spacial score (nSPS) is 22.9. The van der Waals surface area contributed by atoms with Gasteiger partial charge in [-0.15, -0.1) is 0 Å². The number of aliphatic hydroxyl groups excluding tert-OH is 1. The van der Waals surface area contributed by atoms with Crippen molar-refractivity contribution in [2.75, 3.05) is 24.5 Å². The van der Waals surface area contributed by atoms with Gasteiger partial charge in [0.2, 0.25) is 0 Å². The highest BCUT2D eigenvalue weighted by Crippen LogP contribution is 2.33. The molecule has 2 saturated heterocycles. The molecule has 1 aromatic carbocycles. The Hall–Kier alpha value is -3.15. The van der Waals surface area contributed by atoms with Crippen LogP contribution in [-0.4, -0.2) is 56.2 Å². The number of aromatic nitrogens is 3. The summed E-state index contributed by atoms with van der Waals surface area (Å²) in [7, 11) is 0. The molecular formula is C25H27ClN6O2. The first-order chi connectivity index (χ1) is 16.4. The number of amides is 1. The Morgan fingerprint density at radius 2 is 2.03 bits per heavy atom. The van der Waals surface area contributed by atoms with Crippen LogP contribution in [0.4, 0.5) is 5.82 Å². The Kier molecular flexibility index (Phi) is 5.92. The molecule has 2 aliphatic heterocycles. The molecular weight excluding hydrogens is 452 g/mol. The van der Waals surface area contributed by atoms with Crippen molar-refractivity contribution in [2.45, 2.75) is 45.3 Å². The number of carbonyl (C=O) groups excluding carboxylic acids is 1. The van der Waals surface area contributed by atoms with E-state index in [-0.39, 0.29) is 11.9 Å². The fraction of sp³-hybridized carbons (Fsp3) is 0.440. The lowest BCUT2D eigenvalue weighted by Gasteiger charge is -2.34. The largest absolute Gasteiger partial charge is 0.390 e. The van der Waals surface area contributed by atoms with Gasteiger partial charge in [0.1, 0.15) is 5.82 Å². The number of rotatable bonds is 3. The maximum Gasteiger partial charge on any atom is 0.254 e. The van der Waals surface area contributed by atoms with Gasteiger partial charge >= 0.3 is 0 Å². The first-order valence-electron chi connectivity index (χ1n) is 11.6. The molecule has 9 heteroatoms. The number of piperidine rings is 1. The van der Waals surface area contributed by atoms with Crippen LogP contribution >= 0.6 is 11.6 Å². The minimum Gasteiger partial charge on any atom is -0.390 e. The number of nitriles is 1. The Morgan fingerprint density at radius 3 is 2.76 bits per heavy atom. The predicted octanol–water partition coefficient (Wildman–Crippen LogP) is 3.69. The van der Waals surface area contributed by atoms with Gasteiger partial charge in [0.15, 0.2) is 5.65 Å². The second-order valence-corrected chi connectivity index (χ2v) is 9.71. The number of halogens is 1. The molecule has 0 aliphatic carbocycles. The van der Waals surface area contributed by atoms with Gasteiger partial charge in [-0.05, 0) is 56.9 Å². The third kappa shape index (κ3) is 3.99. The minimum atomic E-state index is -0.679. The Bertz CT molecular complexity index is 1300. The molecule has 34 heavy (non-hydrogen) atoms. The summed E-state index contributed by atoms with van der Waals surface area (Å²) in [6, 6.07) is 9.39. The van der Waals surface area contributed by atoms with Gasteiger partial charge in [-0.3, -0.25) is 4.79 Å². The van der Waals surface area contributed by atoms with Crippen LogP contribution in [-0.2, 0) is 0 Å². The highest BCUT2D eigenvalue weighted by atomic mass is 35.5. The zero-order valence-corrected chi connectivity index (χ0v) is 20.0. The van der Waals surface area contributed by atoms with Gasteiger partial charge in [0, 0.05) is 48.0 Å². The summed E-state index contributed by atoms with van der Waals surface area (Å²) in [6.45, 7) is 5.37. The lowest BCUT2D eigenvalue weighted by atomic mass is 9.98. The standard InChI is InChI=1S/C25H27ClN6O2/c1-15-9-17(6-7-19(15)26)25(34)31-8-4-3-5-21(31)20-10-23-28-24(16(2)12-32(23)29-20)30-13-18(11-27)22(33)14-30/h6-7,9-10,12,18,21-22,33H,3-5,8,13-14H2,1-2H3/t18-,21+,22+/m1/s1. The number of hydrogen-bond donors (Lipinski definition) is 1. The number of likely N-dealkylation sites (tertiary alicyclic amines) is 1. The molecule has 3 atom stereocenters. The van der Waals surface area contributed by atoms with Gasteiger partial charge in [-0.2, -0.15) is 10.4 Å².